The topological polar surface area (TPSA) is 140 Å². The maximum Gasteiger partial charge on any atom is 0.423 e. The first kappa shape index (κ1) is 14.1. The van der Waals surface area contributed by atoms with Crippen molar-refractivity contribution in [3.05, 3.63) is 39.9 Å². The molecule has 1 aromatic rings. The lowest BCUT2D eigenvalue weighted by Gasteiger charge is -2.12. The number of nitrogens with one attached hydrogen (secondary N) is 1. The number of carbonyl (C=O) groups is 2. The third-order valence-corrected chi connectivity index (χ3v) is 2.07. The molecule has 0 aliphatic carbocycles. The largest absolute Gasteiger partial charge is 0.444 e. The highest BCUT2D eigenvalue weighted by atomic mass is 16.6. The summed E-state index contributed by atoms with van der Waals surface area (Å²) in [6.45, 7) is -0.200. The third-order valence-electron chi connectivity index (χ3n) is 2.07. The minimum atomic E-state index is -1.10. The lowest BCUT2D eigenvalue weighted by Crippen LogP contribution is -2.40. The van der Waals surface area contributed by atoms with Gasteiger partial charge in [-0.25, -0.2) is 4.79 Å². The average Bonchev–Trinajstić information content (AvgIpc) is 2.37. The zero-order chi connectivity index (χ0) is 14.4. The molecule has 100 valence electrons. The molecular weight excluding hydrogens is 256 g/mol. The second-order valence-corrected chi connectivity index (χ2v) is 3.34. The highest BCUT2D eigenvalue weighted by Gasteiger charge is 2.17. The number of hydrogen-bond donors (Lipinski definition) is 2. The number of nitrogens with zero attached hydrogens (tertiary/aromatic N) is 2. The van der Waals surface area contributed by atoms with Crippen LogP contribution in [0.15, 0.2) is 24.3 Å². The third kappa shape index (κ3) is 3.77. The van der Waals surface area contributed by atoms with E-state index in [0.29, 0.717) is 5.56 Å². The summed E-state index contributed by atoms with van der Waals surface area (Å²) < 4.78 is 4.71. The van der Waals surface area contributed by atoms with E-state index in [-0.39, 0.29) is 23.6 Å². The zero-order valence-electron chi connectivity index (χ0n) is 9.61. The molecule has 0 aromatic heterocycles. The van der Waals surface area contributed by atoms with Crippen LogP contribution in [0.4, 0.5) is 10.5 Å². The van der Waals surface area contributed by atoms with E-state index in [2.05, 4.69) is 0 Å². The molecule has 0 fully saturated rings. The van der Waals surface area contributed by atoms with Gasteiger partial charge in [-0.15, -0.1) is 0 Å². The quantitative estimate of drug-likeness (QED) is 0.268. The number of nitro benzene ring substituents is 1. The molecule has 0 bridgehead atoms. The lowest BCUT2D eigenvalue weighted by atomic mass is 10.2. The van der Waals surface area contributed by atoms with Crippen molar-refractivity contribution in [1.82, 2.24) is 4.90 Å². The van der Waals surface area contributed by atoms with Gasteiger partial charge in [0.25, 0.3) is 5.69 Å². The monoisotopic (exact) mass is 266 g/mol. The molecule has 19 heavy (non-hydrogen) atoms. The van der Waals surface area contributed by atoms with Gasteiger partial charge in [-0.05, 0) is 17.7 Å². The summed E-state index contributed by atoms with van der Waals surface area (Å²) in [5.41, 5.74) is 5.38. The fourth-order valence-electron chi connectivity index (χ4n) is 1.13. The molecule has 0 heterocycles. The number of amides is 2. The maximum absolute atomic E-state index is 11.3. The van der Waals surface area contributed by atoms with Crippen LogP contribution in [-0.2, 0) is 16.1 Å². The summed E-state index contributed by atoms with van der Waals surface area (Å²) in [6, 6.07) is 5.33. The summed E-state index contributed by atoms with van der Waals surface area (Å²) in [5.74, 6) is -0.760. The van der Waals surface area contributed by atoms with Crippen LogP contribution in [0.25, 0.3) is 0 Å². The van der Waals surface area contributed by atoms with E-state index < -0.39 is 17.0 Å². The first-order chi connectivity index (χ1) is 8.95. The number of carbonyl (C=O) groups excluding carboxylic acids is 2. The Bertz CT molecular complexity index is 513. The van der Waals surface area contributed by atoms with Crippen LogP contribution in [0.3, 0.4) is 0 Å². The summed E-state index contributed by atoms with van der Waals surface area (Å²) in [6.07, 6.45) is -1.04. The van der Waals surface area contributed by atoms with Crippen LogP contribution in [0.1, 0.15) is 5.56 Å². The zero-order valence-corrected chi connectivity index (χ0v) is 9.61. The fourth-order valence-corrected chi connectivity index (χ4v) is 1.13. The second kappa shape index (κ2) is 6.10. The van der Waals surface area contributed by atoms with Gasteiger partial charge in [0.15, 0.2) is 0 Å². The molecular formula is C10H10N4O5. The molecule has 0 radical (unpaired) electrons. The number of nitrogens with two attached hydrogens (primary N) is 1. The van der Waals surface area contributed by atoms with Crippen molar-refractivity contribution in [3.63, 3.8) is 0 Å². The van der Waals surface area contributed by atoms with Crippen LogP contribution < -0.4 is 5.73 Å². The van der Waals surface area contributed by atoms with Crippen LogP contribution in [0, 0.1) is 15.5 Å². The van der Waals surface area contributed by atoms with Crippen molar-refractivity contribution in [3.8, 4) is 0 Å². The maximum atomic E-state index is 11.3. The first-order valence-corrected chi connectivity index (χ1v) is 4.94. The molecule has 9 heteroatoms. The highest BCUT2D eigenvalue weighted by Crippen LogP contribution is 2.12. The molecule has 1 rings (SSSR count). The van der Waals surface area contributed by atoms with Gasteiger partial charge in [0.2, 0.25) is 12.4 Å². The molecule has 1 aromatic carbocycles. The van der Waals surface area contributed by atoms with Crippen LogP contribution >= 0.6 is 0 Å². The molecule has 0 spiro atoms. The van der Waals surface area contributed by atoms with Gasteiger partial charge in [-0.2, -0.15) is 4.90 Å². The van der Waals surface area contributed by atoms with Gasteiger partial charge < -0.3 is 10.5 Å². The molecule has 2 amide bonds. The van der Waals surface area contributed by atoms with E-state index in [1.807, 2.05) is 0 Å². The Hall–Kier alpha value is -2.97. The lowest BCUT2D eigenvalue weighted by molar-refractivity contribution is -0.384. The first-order valence-electron chi connectivity index (χ1n) is 4.94. The van der Waals surface area contributed by atoms with Crippen molar-refractivity contribution in [2.75, 3.05) is 0 Å². The number of rotatable bonds is 4. The molecule has 0 atom stereocenters. The van der Waals surface area contributed by atoms with E-state index in [4.69, 9.17) is 15.9 Å². The molecule has 0 unspecified atom stereocenters. The standard InChI is InChI=1S/C10H10N4O5/c11-9(12)13(6-15)10(16)19-5-7-1-3-8(4-2-7)14(17)18/h1-4,6H,5H2,(H3,11,12). The molecule has 3 N–H and O–H groups in total. The average molecular weight is 266 g/mol. The molecule has 9 nitrogen and oxygen atoms in total. The number of nitro groups is 1. The Morgan fingerprint density at radius 1 is 1.47 bits per heavy atom. The number of hydrogen-bond acceptors (Lipinski definition) is 6. The normalized spacial score (nSPS) is 9.47. The summed E-state index contributed by atoms with van der Waals surface area (Å²) in [5, 5.41) is 17.4. The van der Waals surface area contributed by atoms with Gasteiger partial charge in [-0.1, -0.05) is 0 Å². The molecule has 0 saturated carbocycles. The van der Waals surface area contributed by atoms with Gasteiger partial charge in [-0.3, -0.25) is 20.3 Å². The summed E-state index contributed by atoms with van der Waals surface area (Å²) in [4.78, 5) is 31.9. The van der Waals surface area contributed by atoms with Gasteiger partial charge in [0.05, 0.1) is 4.92 Å². The van der Waals surface area contributed by atoms with Crippen molar-refractivity contribution in [1.29, 1.82) is 5.41 Å². The Labute approximate surface area is 107 Å². The molecule has 0 aliphatic rings. The van der Waals surface area contributed by atoms with Crippen molar-refractivity contribution in [2.45, 2.75) is 6.61 Å². The Morgan fingerprint density at radius 2 is 2.05 bits per heavy atom. The van der Waals surface area contributed by atoms with Crippen LogP contribution in [0.5, 0.6) is 0 Å². The van der Waals surface area contributed by atoms with Crippen LogP contribution in [0.2, 0.25) is 0 Å². The smallest absolute Gasteiger partial charge is 0.423 e. The molecule has 0 saturated heterocycles. The fraction of sp³-hybridized carbons (Fsp3) is 0.100. The minimum absolute atomic E-state index is 0.0561. The van der Waals surface area contributed by atoms with E-state index in [9.17, 15) is 19.7 Å². The number of non-ortho nitro benzene ring substituents is 1. The predicted molar refractivity (Wildman–Crippen MR) is 63.1 cm³/mol. The summed E-state index contributed by atoms with van der Waals surface area (Å²) in [7, 11) is 0. The van der Waals surface area contributed by atoms with E-state index in [0.717, 1.165) is 0 Å². The van der Waals surface area contributed by atoms with Gasteiger partial charge >= 0.3 is 6.09 Å². The van der Waals surface area contributed by atoms with Gasteiger partial charge in [0.1, 0.15) is 6.61 Å². The number of ether oxygens (including phenoxy) is 1. The van der Waals surface area contributed by atoms with Crippen molar-refractivity contribution in [2.24, 2.45) is 5.73 Å². The van der Waals surface area contributed by atoms with Crippen LogP contribution in [-0.4, -0.2) is 28.3 Å². The number of benzene rings is 1. The van der Waals surface area contributed by atoms with Crippen molar-refractivity contribution >= 4 is 24.2 Å². The Morgan fingerprint density at radius 3 is 2.47 bits per heavy atom. The van der Waals surface area contributed by atoms with E-state index in [1.54, 1.807) is 0 Å². The Kier molecular flexibility index (Phi) is 4.52. The number of guanidine groups is 1. The summed E-state index contributed by atoms with van der Waals surface area (Å²) >= 11 is 0. The predicted octanol–water partition coefficient (Wildman–Crippen LogP) is 0.583. The van der Waals surface area contributed by atoms with E-state index >= 15 is 0 Å². The van der Waals surface area contributed by atoms with Gasteiger partial charge in [0, 0.05) is 12.1 Å². The Balaban J connectivity index is 2.61. The minimum Gasteiger partial charge on any atom is -0.444 e. The van der Waals surface area contributed by atoms with E-state index in [1.165, 1.54) is 24.3 Å². The number of imide groups is 1. The highest BCUT2D eigenvalue weighted by molar-refractivity contribution is 6.01. The molecule has 0 aliphatic heterocycles. The SMILES string of the molecule is N=C(N)N(C=O)C(=O)OCc1ccc([N+](=O)[O-])cc1. The second-order valence-electron chi connectivity index (χ2n) is 3.34. The van der Waals surface area contributed by atoms with Crippen molar-refractivity contribution < 1.29 is 19.2 Å².